The lowest BCUT2D eigenvalue weighted by atomic mass is 9.99. The number of nitrogens with two attached hydrogens (primary N) is 2. The molecular weight excluding hydrogens is 314 g/mol. The van der Waals surface area contributed by atoms with Crippen LogP contribution in [0.5, 0.6) is 5.75 Å². The highest BCUT2D eigenvalue weighted by Crippen LogP contribution is 2.32. The molecule has 0 saturated carbocycles. The van der Waals surface area contributed by atoms with Crippen LogP contribution in [-0.4, -0.2) is 18.0 Å². The minimum absolute atomic E-state index is 0.431. The molecule has 0 fully saturated rings. The molecule has 3 rings (SSSR count). The van der Waals surface area contributed by atoms with Crippen molar-refractivity contribution < 1.29 is 9.53 Å². The number of anilines is 1. The molecule has 1 aromatic heterocycles. The van der Waals surface area contributed by atoms with Gasteiger partial charge in [0.15, 0.2) is 0 Å². The smallest absolute Gasteiger partial charge is 0.248 e. The Bertz CT molecular complexity index is 951. The van der Waals surface area contributed by atoms with Gasteiger partial charge in [0, 0.05) is 22.9 Å². The van der Waals surface area contributed by atoms with E-state index in [-0.39, 0.29) is 0 Å². The number of nitrogen functional groups attached to an aromatic ring is 1. The van der Waals surface area contributed by atoms with E-state index < -0.39 is 5.91 Å². The molecule has 3 aromatic rings. The van der Waals surface area contributed by atoms with E-state index in [2.05, 4.69) is 4.98 Å². The van der Waals surface area contributed by atoms with E-state index in [1.54, 1.807) is 31.5 Å². The standard InChI is InChI=1S/C20H19N3O2/c1-12-6-7-14(10-18(12)25-2)17-9-16(11-23-19(17)21)13-4-3-5-15(8-13)20(22)24/h3-11H,1-2H3,(H2,21,23)(H2,22,24). The molecule has 0 bridgehead atoms. The molecule has 5 nitrogen and oxygen atoms in total. The number of ether oxygens (including phenoxy) is 1. The number of aromatic nitrogens is 1. The van der Waals surface area contributed by atoms with Crippen molar-refractivity contribution in [1.29, 1.82) is 0 Å². The summed E-state index contributed by atoms with van der Waals surface area (Å²) < 4.78 is 5.39. The van der Waals surface area contributed by atoms with Crippen LogP contribution in [0, 0.1) is 6.92 Å². The average Bonchev–Trinajstić information content (AvgIpc) is 2.63. The average molecular weight is 333 g/mol. The first-order valence-electron chi connectivity index (χ1n) is 7.80. The van der Waals surface area contributed by atoms with Crippen molar-refractivity contribution in [3.05, 3.63) is 65.9 Å². The van der Waals surface area contributed by atoms with Crippen LogP contribution in [0.25, 0.3) is 22.3 Å². The minimum Gasteiger partial charge on any atom is -0.496 e. The number of rotatable bonds is 4. The normalized spacial score (nSPS) is 10.5. The molecule has 0 aliphatic carbocycles. The number of amides is 1. The summed E-state index contributed by atoms with van der Waals surface area (Å²) >= 11 is 0. The molecule has 0 saturated heterocycles. The molecular formula is C20H19N3O2. The second-order valence-electron chi connectivity index (χ2n) is 5.79. The van der Waals surface area contributed by atoms with Crippen molar-refractivity contribution in [2.24, 2.45) is 5.73 Å². The van der Waals surface area contributed by atoms with E-state index in [0.29, 0.717) is 11.4 Å². The van der Waals surface area contributed by atoms with Crippen LogP contribution in [0.3, 0.4) is 0 Å². The molecule has 0 radical (unpaired) electrons. The fourth-order valence-corrected chi connectivity index (χ4v) is 2.70. The van der Waals surface area contributed by atoms with E-state index in [0.717, 1.165) is 33.6 Å². The first-order valence-corrected chi connectivity index (χ1v) is 7.80. The fraction of sp³-hybridized carbons (Fsp3) is 0.100. The van der Waals surface area contributed by atoms with Crippen LogP contribution in [0.15, 0.2) is 54.7 Å². The second-order valence-corrected chi connectivity index (χ2v) is 5.79. The SMILES string of the molecule is COc1cc(-c2cc(-c3cccc(C(N)=O)c3)cnc2N)ccc1C. The third-order valence-electron chi connectivity index (χ3n) is 4.12. The number of carbonyl (C=O) groups is 1. The molecule has 5 heteroatoms. The van der Waals surface area contributed by atoms with Crippen molar-refractivity contribution in [3.8, 4) is 28.0 Å². The number of primary amides is 1. The molecule has 0 aliphatic rings. The zero-order chi connectivity index (χ0) is 18.0. The quantitative estimate of drug-likeness (QED) is 0.765. The van der Waals surface area contributed by atoms with Gasteiger partial charge in [0.1, 0.15) is 11.6 Å². The molecule has 0 aliphatic heterocycles. The Labute approximate surface area is 146 Å². The summed E-state index contributed by atoms with van der Waals surface area (Å²) in [5, 5.41) is 0. The lowest BCUT2D eigenvalue weighted by Gasteiger charge is -2.11. The highest BCUT2D eigenvalue weighted by Gasteiger charge is 2.10. The van der Waals surface area contributed by atoms with Gasteiger partial charge in [-0.15, -0.1) is 0 Å². The van der Waals surface area contributed by atoms with Crippen LogP contribution in [0.4, 0.5) is 5.82 Å². The van der Waals surface area contributed by atoms with E-state index in [9.17, 15) is 4.79 Å². The first kappa shape index (κ1) is 16.5. The second kappa shape index (κ2) is 6.65. The van der Waals surface area contributed by atoms with E-state index in [1.165, 1.54) is 0 Å². The highest BCUT2D eigenvalue weighted by molar-refractivity contribution is 5.94. The summed E-state index contributed by atoms with van der Waals surface area (Å²) in [6.07, 6.45) is 1.68. The van der Waals surface area contributed by atoms with E-state index >= 15 is 0 Å². The van der Waals surface area contributed by atoms with Crippen molar-refractivity contribution >= 4 is 11.7 Å². The van der Waals surface area contributed by atoms with Crippen LogP contribution in [0.2, 0.25) is 0 Å². The third kappa shape index (κ3) is 3.30. The molecule has 126 valence electrons. The van der Waals surface area contributed by atoms with Crippen molar-refractivity contribution in [2.75, 3.05) is 12.8 Å². The van der Waals surface area contributed by atoms with E-state index in [4.69, 9.17) is 16.2 Å². The predicted molar refractivity (Wildman–Crippen MR) is 99.3 cm³/mol. The highest BCUT2D eigenvalue weighted by atomic mass is 16.5. The van der Waals surface area contributed by atoms with Gasteiger partial charge >= 0.3 is 0 Å². The van der Waals surface area contributed by atoms with Gasteiger partial charge in [0.25, 0.3) is 0 Å². The monoisotopic (exact) mass is 333 g/mol. The van der Waals surface area contributed by atoms with Crippen LogP contribution >= 0.6 is 0 Å². The van der Waals surface area contributed by atoms with Gasteiger partial charge in [-0.25, -0.2) is 4.98 Å². The summed E-state index contributed by atoms with van der Waals surface area (Å²) in [5.74, 6) is 0.757. The van der Waals surface area contributed by atoms with Crippen LogP contribution in [-0.2, 0) is 0 Å². The summed E-state index contributed by atoms with van der Waals surface area (Å²) in [6, 6.07) is 15.0. The van der Waals surface area contributed by atoms with Crippen LogP contribution < -0.4 is 16.2 Å². The Hall–Kier alpha value is -3.34. The van der Waals surface area contributed by atoms with Gasteiger partial charge in [0.05, 0.1) is 7.11 Å². The number of pyridine rings is 1. The molecule has 1 amide bonds. The number of methoxy groups -OCH3 is 1. The van der Waals surface area contributed by atoms with Gasteiger partial charge in [-0.05, 0) is 47.9 Å². The van der Waals surface area contributed by atoms with Gasteiger partial charge in [0.2, 0.25) is 5.91 Å². The minimum atomic E-state index is -0.464. The Morgan fingerprint density at radius 3 is 2.56 bits per heavy atom. The number of hydrogen-bond donors (Lipinski definition) is 2. The van der Waals surface area contributed by atoms with Gasteiger partial charge < -0.3 is 16.2 Å². The molecule has 0 spiro atoms. The maximum absolute atomic E-state index is 11.4. The van der Waals surface area contributed by atoms with E-state index in [1.807, 2.05) is 37.3 Å². The van der Waals surface area contributed by atoms with Crippen molar-refractivity contribution in [1.82, 2.24) is 4.98 Å². The molecule has 25 heavy (non-hydrogen) atoms. The molecule has 4 N–H and O–H groups in total. The Kier molecular flexibility index (Phi) is 4.39. The largest absolute Gasteiger partial charge is 0.496 e. The fourth-order valence-electron chi connectivity index (χ4n) is 2.70. The molecule has 2 aromatic carbocycles. The lowest BCUT2D eigenvalue weighted by Crippen LogP contribution is -2.10. The zero-order valence-corrected chi connectivity index (χ0v) is 14.1. The number of benzene rings is 2. The maximum Gasteiger partial charge on any atom is 0.248 e. The van der Waals surface area contributed by atoms with Gasteiger partial charge in [-0.2, -0.15) is 0 Å². The summed E-state index contributed by atoms with van der Waals surface area (Å²) in [6.45, 7) is 1.98. The predicted octanol–water partition coefficient (Wildman–Crippen LogP) is 3.41. The van der Waals surface area contributed by atoms with Crippen molar-refractivity contribution in [3.63, 3.8) is 0 Å². The lowest BCUT2D eigenvalue weighted by molar-refractivity contribution is 0.100. The zero-order valence-electron chi connectivity index (χ0n) is 14.1. The third-order valence-corrected chi connectivity index (χ3v) is 4.12. The van der Waals surface area contributed by atoms with Gasteiger partial charge in [-0.1, -0.05) is 24.3 Å². The van der Waals surface area contributed by atoms with Crippen LogP contribution in [0.1, 0.15) is 15.9 Å². The molecule has 0 atom stereocenters. The first-order chi connectivity index (χ1) is 12.0. The Morgan fingerprint density at radius 2 is 1.84 bits per heavy atom. The molecule has 1 heterocycles. The topological polar surface area (TPSA) is 91.2 Å². The number of carbonyl (C=O) groups excluding carboxylic acids is 1. The van der Waals surface area contributed by atoms with Gasteiger partial charge in [-0.3, -0.25) is 4.79 Å². The summed E-state index contributed by atoms with van der Waals surface area (Å²) in [7, 11) is 1.64. The van der Waals surface area contributed by atoms with Crippen molar-refractivity contribution in [2.45, 2.75) is 6.92 Å². The Balaban J connectivity index is 2.10. The summed E-state index contributed by atoms with van der Waals surface area (Å²) in [4.78, 5) is 15.7. The maximum atomic E-state index is 11.4. The molecule has 0 unspecified atom stereocenters. The Morgan fingerprint density at radius 1 is 1.04 bits per heavy atom. The number of hydrogen-bond acceptors (Lipinski definition) is 4. The summed E-state index contributed by atoms with van der Waals surface area (Å²) in [5.41, 5.74) is 16.4. The number of aryl methyl sites for hydroxylation is 1. The number of nitrogens with zero attached hydrogens (tertiary/aromatic N) is 1.